The summed E-state index contributed by atoms with van der Waals surface area (Å²) in [6, 6.07) is 0. The fraction of sp³-hybridized carbons (Fsp3) is 1.00. The molecule has 0 aromatic carbocycles. The van der Waals surface area contributed by atoms with Gasteiger partial charge in [0, 0.05) is 13.2 Å². The number of aliphatic hydroxyl groups is 1. The second-order valence-corrected chi connectivity index (χ2v) is 5.41. The zero-order valence-electron chi connectivity index (χ0n) is 10.3. The lowest BCUT2D eigenvalue weighted by Gasteiger charge is -2.28. The summed E-state index contributed by atoms with van der Waals surface area (Å²) in [5.41, 5.74) is 0. The average Bonchev–Trinajstić information content (AvgIpc) is 2.71. The van der Waals surface area contributed by atoms with E-state index in [1.807, 2.05) is 0 Å². The van der Waals surface area contributed by atoms with Gasteiger partial charge in [0.05, 0.1) is 0 Å². The first-order chi connectivity index (χ1) is 7.90. The molecule has 2 N–H and O–H groups in total. The average molecular weight is 226 g/mol. The van der Waals surface area contributed by atoms with Gasteiger partial charge < -0.3 is 15.3 Å². The maximum Gasteiger partial charge on any atom is 0.0474 e. The third-order valence-electron chi connectivity index (χ3n) is 4.19. The highest BCUT2D eigenvalue weighted by atomic mass is 16.3. The molecule has 0 bridgehead atoms. The Labute approximate surface area is 99.2 Å². The summed E-state index contributed by atoms with van der Waals surface area (Å²) in [6.45, 7) is 6.22. The van der Waals surface area contributed by atoms with Crippen molar-refractivity contribution in [3.05, 3.63) is 0 Å². The summed E-state index contributed by atoms with van der Waals surface area (Å²) in [5, 5.41) is 12.9. The molecule has 2 atom stereocenters. The highest BCUT2D eigenvalue weighted by Gasteiger charge is 2.26. The largest absolute Gasteiger partial charge is 0.396 e. The van der Waals surface area contributed by atoms with Crippen LogP contribution in [0.15, 0.2) is 0 Å². The topological polar surface area (TPSA) is 35.5 Å². The molecule has 0 aromatic rings. The van der Waals surface area contributed by atoms with Crippen LogP contribution in [0.5, 0.6) is 0 Å². The molecule has 2 saturated heterocycles. The maximum absolute atomic E-state index is 9.53. The van der Waals surface area contributed by atoms with Crippen molar-refractivity contribution in [2.75, 3.05) is 39.3 Å². The number of likely N-dealkylation sites (tertiary alicyclic amines) is 1. The van der Waals surface area contributed by atoms with E-state index in [0.717, 1.165) is 19.6 Å². The van der Waals surface area contributed by atoms with E-state index in [0.29, 0.717) is 18.4 Å². The Balaban J connectivity index is 1.79. The molecule has 0 spiro atoms. The summed E-state index contributed by atoms with van der Waals surface area (Å²) in [7, 11) is 0. The smallest absolute Gasteiger partial charge is 0.0474 e. The summed E-state index contributed by atoms with van der Waals surface area (Å²) in [4.78, 5) is 2.58. The van der Waals surface area contributed by atoms with Crippen LogP contribution in [0.4, 0.5) is 0 Å². The number of nitrogens with zero attached hydrogens (tertiary/aromatic N) is 1. The zero-order valence-corrected chi connectivity index (χ0v) is 10.3. The summed E-state index contributed by atoms with van der Waals surface area (Å²) in [6.07, 6.45) is 6.73. The van der Waals surface area contributed by atoms with Gasteiger partial charge in [-0.05, 0) is 57.3 Å². The molecule has 2 rings (SSSR count). The van der Waals surface area contributed by atoms with Crippen molar-refractivity contribution in [3.8, 4) is 0 Å². The molecule has 16 heavy (non-hydrogen) atoms. The second-order valence-electron chi connectivity index (χ2n) is 5.41. The van der Waals surface area contributed by atoms with Gasteiger partial charge in [0.15, 0.2) is 0 Å². The van der Waals surface area contributed by atoms with E-state index in [2.05, 4.69) is 10.2 Å². The minimum atomic E-state index is 0.364. The van der Waals surface area contributed by atoms with E-state index in [9.17, 15) is 5.11 Å². The van der Waals surface area contributed by atoms with Crippen LogP contribution in [0, 0.1) is 11.8 Å². The molecular weight excluding hydrogens is 200 g/mol. The van der Waals surface area contributed by atoms with Crippen LogP contribution in [0.2, 0.25) is 0 Å². The highest BCUT2D eigenvalue weighted by Crippen LogP contribution is 2.21. The van der Waals surface area contributed by atoms with Gasteiger partial charge in [-0.15, -0.1) is 0 Å². The zero-order chi connectivity index (χ0) is 11.2. The van der Waals surface area contributed by atoms with E-state index in [4.69, 9.17) is 0 Å². The van der Waals surface area contributed by atoms with Crippen molar-refractivity contribution < 1.29 is 5.11 Å². The molecule has 2 aliphatic heterocycles. The number of rotatable bonds is 4. The Kier molecular flexibility index (Phi) is 5.07. The van der Waals surface area contributed by atoms with Crippen molar-refractivity contribution in [1.29, 1.82) is 0 Å². The van der Waals surface area contributed by atoms with Crippen molar-refractivity contribution >= 4 is 0 Å². The molecule has 2 unspecified atom stereocenters. The van der Waals surface area contributed by atoms with Crippen molar-refractivity contribution in [1.82, 2.24) is 10.2 Å². The van der Waals surface area contributed by atoms with Gasteiger partial charge in [-0.25, -0.2) is 0 Å². The van der Waals surface area contributed by atoms with Crippen molar-refractivity contribution in [3.63, 3.8) is 0 Å². The molecular formula is C13H26N2O. The predicted octanol–water partition coefficient (Wildman–Crippen LogP) is 1.08. The molecule has 0 aromatic heterocycles. The van der Waals surface area contributed by atoms with Gasteiger partial charge in [0.2, 0.25) is 0 Å². The molecule has 2 heterocycles. The first-order valence-electron chi connectivity index (χ1n) is 6.94. The van der Waals surface area contributed by atoms with Crippen LogP contribution in [0.1, 0.15) is 32.1 Å². The van der Waals surface area contributed by atoms with Crippen molar-refractivity contribution in [2.24, 2.45) is 11.8 Å². The monoisotopic (exact) mass is 226 g/mol. The quantitative estimate of drug-likeness (QED) is 0.753. The third kappa shape index (κ3) is 3.44. The van der Waals surface area contributed by atoms with E-state index in [-0.39, 0.29) is 0 Å². The fourth-order valence-corrected chi connectivity index (χ4v) is 3.09. The fourth-order valence-electron chi connectivity index (χ4n) is 3.09. The Morgan fingerprint density at radius 2 is 1.94 bits per heavy atom. The van der Waals surface area contributed by atoms with E-state index in [1.165, 1.54) is 45.2 Å². The SMILES string of the molecule is OCC(CN1CCCCCC1)C1CCNC1. The maximum atomic E-state index is 9.53. The lowest BCUT2D eigenvalue weighted by atomic mass is 9.91. The standard InChI is InChI=1S/C13H26N2O/c16-11-13(12-5-6-14-9-12)10-15-7-3-1-2-4-8-15/h12-14,16H,1-11H2. The minimum absolute atomic E-state index is 0.364. The summed E-state index contributed by atoms with van der Waals surface area (Å²) < 4.78 is 0. The van der Waals surface area contributed by atoms with Crippen molar-refractivity contribution in [2.45, 2.75) is 32.1 Å². The summed E-state index contributed by atoms with van der Waals surface area (Å²) >= 11 is 0. The number of aliphatic hydroxyl groups excluding tert-OH is 1. The summed E-state index contributed by atoms with van der Waals surface area (Å²) in [5.74, 6) is 1.20. The van der Waals surface area contributed by atoms with Crippen LogP contribution < -0.4 is 5.32 Å². The molecule has 0 amide bonds. The normalized spacial score (nSPS) is 30.2. The molecule has 0 aliphatic carbocycles. The van der Waals surface area contributed by atoms with Crippen LogP contribution in [0.3, 0.4) is 0 Å². The number of nitrogens with one attached hydrogen (secondary N) is 1. The van der Waals surface area contributed by atoms with E-state index < -0.39 is 0 Å². The van der Waals surface area contributed by atoms with E-state index >= 15 is 0 Å². The van der Waals surface area contributed by atoms with Crippen LogP contribution in [-0.2, 0) is 0 Å². The Bertz CT molecular complexity index is 184. The van der Waals surface area contributed by atoms with Gasteiger partial charge in [0.25, 0.3) is 0 Å². The van der Waals surface area contributed by atoms with E-state index in [1.54, 1.807) is 0 Å². The Hall–Kier alpha value is -0.120. The highest BCUT2D eigenvalue weighted by molar-refractivity contribution is 4.80. The number of hydrogen-bond acceptors (Lipinski definition) is 3. The molecule has 2 aliphatic rings. The third-order valence-corrected chi connectivity index (χ3v) is 4.19. The van der Waals surface area contributed by atoms with Crippen LogP contribution >= 0.6 is 0 Å². The van der Waals surface area contributed by atoms with Gasteiger partial charge in [-0.1, -0.05) is 12.8 Å². The molecule has 3 nitrogen and oxygen atoms in total. The molecule has 0 saturated carbocycles. The van der Waals surface area contributed by atoms with Gasteiger partial charge >= 0.3 is 0 Å². The van der Waals surface area contributed by atoms with Crippen LogP contribution in [0.25, 0.3) is 0 Å². The lowest BCUT2D eigenvalue weighted by Crippen LogP contribution is -2.36. The van der Waals surface area contributed by atoms with Crippen LogP contribution in [-0.4, -0.2) is 49.3 Å². The lowest BCUT2D eigenvalue weighted by molar-refractivity contribution is 0.129. The minimum Gasteiger partial charge on any atom is -0.396 e. The van der Waals surface area contributed by atoms with Gasteiger partial charge in [0.1, 0.15) is 0 Å². The van der Waals surface area contributed by atoms with Gasteiger partial charge in [-0.2, -0.15) is 0 Å². The second kappa shape index (κ2) is 6.58. The number of hydrogen-bond donors (Lipinski definition) is 2. The molecule has 0 radical (unpaired) electrons. The molecule has 2 fully saturated rings. The first-order valence-corrected chi connectivity index (χ1v) is 6.94. The molecule has 3 heteroatoms. The predicted molar refractivity (Wildman–Crippen MR) is 66.5 cm³/mol. The van der Waals surface area contributed by atoms with Gasteiger partial charge in [-0.3, -0.25) is 0 Å². The molecule has 94 valence electrons. The first kappa shape index (κ1) is 12.3. The Morgan fingerprint density at radius 3 is 2.50 bits per heavy atom. The Morgan fingerprint density at radius 1 is 1.19 bits per heavy atom.